The van der Waals surface area contributed by atoms with E-state index in [1.54, 1.807) is 41.5 Å². The maximum atomic E-state index is 13.4. The number of ether oxygens (including phenoxy) is 2. The minimum Gasteiger partial charge on any atom is -0.402 e. The molecule has 0 bridgehead atoms. The smallest absolute Gasteiger partial charge is 0.402 e. The first-order chi connectivity index (χ1) is 18.9. The number of halogens is 1. The molecule has 1 fully saturated rings. The van der Waals surface area contributed by atoms with Gasteiger partial charge in [-0.15, -0.1) is 0 Å². The predicted octanol–water partition coefficient (Wildman–Crippen LogP) is 4.57. The van der Waals surface area contributed by atoms with Gasteiger partial charge in [-0.05, 0) is 15.9 Å². The topological polar surface area (TPSA) is 178 Å². The van der Waals surface area contributed by atoms with Gasteiger partial charge in [0.15, 0.2) is 16.5 Å². The fraction of sp³-hybridized carbons (Fsp3) is 0.583. The van der Waals surface area contributed by atoms with Crippen molar-refractivity contribution in [3.8, 4) is 0 Å². The van der Waals surface area contributed by atoms with Gasteiger partial charge in [0.1, 0.15) is 36.7 Å². The standard InChI is InChI=1S/C24H35BrN3O10PS2/c1-23(2,3)20(30)40-10-8-35-39(33,36-9-11-41-21(31)24(4,5)6)37-13-15-16(29)17(34-7)19(38-15)28-12-14(25)18(26)27-22(28)32/h8-12,15-17,19,29H,13H2,1-7H3,(H2,26,27,32)/t15-,16-,17-,19-,39?/m1/s1. The Labute approximate surface area is 255 Å². The lowest BCUT2D eigenvalue weighted by Crippen LogP contribution is -2.37. The summed E-state index contributed by atoms with van der Waals surface area (Å²) in [5.74, 6) is -0.0280. The van der Waals surface area contributed by atoms with Crippen LogP contribution >= 0.6 is 47.3 Å². The third-order valence-corrected chi connectivity index (χ3v) is 9.24. The number of carbonyl (C=O) groups is 2. The molecule has 1 aliphatic heterocycles. The van der Waals surface area contributed by atoms with Crippen molar-refractivity contribution in [3.63, 3.8) is 0 Å². The Morgan fingerprint density at radius 1 is 1.15 bits per heavy atom. The van der Waals surface area contributed by atoms with Gasteiger partial charge in [0.2, 0.25) is 0 Å². The van der Waals surface area contributed by atoms with Crippen molar-refractivity contribution < 1.29 is 42.3 Å². The molecule has 1 aromatic heterocycles. The highest BCUT2D eigenvalue weighted by Crippen LogP contribution is 2.51. The molecule has 17 heteroatoms. The molecule has 2 rings (SSSR count). The lowest BCUT2D eigenvalue weighted by molar-refractivity contribution is -0.118. The Morgan fingerprint density at radius 3 is 2.12 bits per heavy atom. The van der Waals surface area contributed by atoms with Gasteiger partial charge in [-0.2, -0.15) is 4.98 Å². The molecule has 1 aliphatic rings. The van der Waals surface area contributed by atoms with Gasteiger partial charge in [0.25, 0.3) is 0 Å². The zero-order valence-electron chi connectivity index (χ0n) is 23.6. The van der Waals surface area contributed by atoms with Crippen LogP contribution in [0.25, 0.3) is 0 Å². The van der Waals surface area contributed by atoms with Crippen molar-refractivity contribution >= 4 is 63.3 Å². The summed E-state index contributed by atoms with van der Waals surface area (Å²) >= 11 is 4.86. The van der Waals surface area contributed by atoms with Crippen LogP contribution in [0.2, 0.25) is 0 Å². The maximum absolute atomic E-state index is 13.4. The number of methoxy groups -OCH3 is 1. The molecule has 2 heterocycles. The number of rotatable bonds is 11. The van der Waals surface area contributed by atoms with Crippen molar-refractivity contribution in [2.75, 3.05) is 19.5 Å². The Kier molecular flexibility index (Phi) is 12.7. The van der Waals surface area contributed by atoms with Crippen LogP contribution in [-0.4, -0.2) is 56.9 Å². The Bertz CT molecular complexity index is 1220. The van der Waals surface area contributed by atoms with Crippen LogP contribution in [0.4, 0.5) is 5.82 Å². The van der Waals surface area contributed by atoms with Gasteiger partial charge in [0, 0.05) is 35.0 Å². The molecule has 3 N–H and O–H groups in total. The fourth-order valence-corrected chi connectivity index (χ4v) is 5.53. The lowest BCUT2D eigenvalue weighted by atomic mass is 9.99. The van der Waals surface area contributed by atoms with Gasteiger partial charge in [-0.3, -0.25) is 18.7 Å². The first-order valence-corrected chi connectivity index (χ1v) is 16.1. The second-order valence-corrected chi connectivity index (χ2v) is 14.9. The number of phosphoric acid groups is 1. The van der Waals surface area contributed by atoms with Crippen LogP contribution in [0.3, 0.4) is 0 Å². The Morgan fingerprint density at radius 2 is 1.66 bits per heavy atom. The summed E-state index contributed by atoms with van der Waals surface area (Å²) in [7, 11) is -3.09. The number of hydrogen-bond donors (Lipinski definition) is 2. The number of nitrogens with two attached hydrogens (primary N) is 1. The fourth-order valence-electron chi connectivity index (χ4n) is 2.96. The molecule has 0 spiro atoms. The number of nitrogen functional groups attached to an aromatic ring is 1. The molecule has 13 nitrogen and oxygen atoms in total. The van der Waals surface area contributed by atoms with Crippen LogP contribution in [0.5, 0.6) is 0 Å². The summed E-state index contributed by atoms with van der Waals surface area (Å²) in [6.07, 6.45) is -1.30. The SMILES string of the molecule is CO[C@@H]1[C@H](O)[C@@H](COP(=O)(OC=CSC(=O)C(C)(C)C)OC=CSC(=O)C(C)(C)C)O[C@H]1n1cc(Br)c(N)nc1=O. The van der Waals surface area contributed by atoms with E-state index in [2.05, 4.69) is 20.9 Å². The second kappa shape index (κ2) is 14.7. The minimum absolute atomic E-state index is 0.0280. The molecular formula is C24H35BrN3O10PS2. The number of thioether (sulfide) groups is 2. The Hall–Kier alpha value is -1.65. The highest BCUT2D eigenvalue weighted by atomic mass is 79.9. The predicted molar refractivity (Wildman–Crippen MR) is 159 cm³/mol. The number of nitrogens with zero attached hydrogens (tertiary/aromatic N) is 2. The van der Waals surface area contributed by atoms with E-state index < -0.39 is 55.5 Å². The lowest BCUT2D eigenvalue weighted by Gasteiger charge is -2.20. The van der Waals surface area contributed by atoms with E-state index in [-0.39, 0.29) is 16.0 Å². The number of aromatic nitrogens is 2. The Balaban J connectivity index is 2.19. The zero-order chi connectivity index (χ0) is 31.2. The maximum Gasteiger partial charge on any atom is 0.586 e. The summed E-state index contributed by atoms with van der Waals surface area (Å²) in [6, 6.07) is 0. The molecule has 0 aromatic carbocycles. The van der Waals surface area contributed by atoms with E-state index in [1.165, 1.54) is 24.1 Å². The van der Waals surface area contributed by atoms with Gasteiger partial charge in [0.05, 0.1) is 11.1 Å². The van der Waals surface area contributed by atoms with E-state index in [4.69, 9.17) is 28.8 Å². The highest BCUT2D eigenvalue weighted by Gasteiger charge is 2.47. The molecule has 230 valence electrons. The van der Waals surface area contributed by atoms with E-state index in [0.29, 0.717) is 4.47 Å². The van der Waals surface area contributed by atoms with Crippen LogP contribution in [0.15, 0.2) is 38.8 Å². The average Bonchev–Trinajstić information content (AvgIpc) is 3.19. The quantitative estimate of drug-likeness (QED) is 0.242. The number of phosphoric ester groups is 1. The van der Waals surface area contributed by atoms with Crippen molar-refractivity contribution in [2.24, 2.45) is 10.8 Å². The van der Waals surface area contributed by atoms with Crippen LogP contribution in [0, 0.1) is 10.8 Å². The first kappa shape index (κ1) is 35.5. The van der Waals surface area contributed by atoms with E-state index >= 15 is 0 Å². The average molecular weight is 701 g/mol. The summed E-state index contributed by atoms with van der Waals surface area (Å²) in [5.41, 5.74) is 3.68. The van der Waals surface area contributed by atoms with E-state index in [9.17, 15) is 24.1 Å². The highest BCUT2D eigenvalue weighted by molar-refractivity contribution is 9.10. The number of hydrogen-bond acceptors (Lipinski definition) is 14. The summed E-state index contributed by atoms with van der Waals surface area (Å²) in [4.78, 5) is 40.4. The number of aliphatic hydroxyl groups excluding tert-OH is 1. The number of carbonyl (C=O) groups excluding carboxylic acids is 2. The van der Waals surface area contributed by atoms with Crippen LogP contribution in [0.1, 0.15) is 47.8 Å². The van der Waals surface area contributed by atoms with Gasteiger partial charge in [-0.1, -0.05) is 65.1 Å². The van der Waals surface area contributed by atoms with Gasteiger partial charge >= 0.3 is 13.5 Å². The molecule has 0 unspecified atom stereocenters. The van der Waals surface area contributed by atoms with Crippen LogP contribution in [-0.2, 0) is 37.2 Å². The first-order valence-electron chi connectivity index (χ1n) is 12.1. The normalized spacial score (nSPS) is 23.1. The number of anilines is 1. The van der Waals surface area contributed by atoms with Crippen molar-refractivity contribution in [1.29, 1.82) is 0 Å². The van der Waals surface area contributed by atoms with Crippen molar-refractivity contribution in [3.05, 3.63) is 44.5 Å². The molecule has 4 atom stereocenters. The molecule has 0 radical (unpaired) electrons. The third-order valence-electron chi connectivity index (χ3n) is 5.26. The van der Waals surface area contributed by atoms with Crippen LogP contribution < -0.4 is 11.4 Å². The molecule has 41 heavy (non-hydrogen) atoms. The molecule has 1 aromatic rings. The monoisotopic (exact) mass is 699 g/mol. The van der Waals surface area contributed by atoms with E-state index in [0.717, 1.165) is 40.6 Å². The molecule has 0 amide bonds. The van der Waals surface area contributed by atoms with E-state index in [1.807, 2.05) is 0 Å². The molecule has 0 saturated carbocycles. The van der Waals surface area contributed by atoms with Gasteiger partial charge in [-0.25, -0.2) is 9.36 Å². The molecule has 1 saturated heterocycles. The largest absolute Gasteiger partial charge is 0.586 e. The molecule has 0 aliphatic carbocycles. The summed E-state index contributed by atoms with van der Waals surface area (Å²) in [6.45, 7) is 9.96. The van der Waals surface area contributed by atoms with Gasteiger partial charge < -0.3 is 29.4 Å². The van der Waals surface area contributed by atoms with Crippen molar-refractivity contribution in [1.82, 2.24) is 9.55 Å². The van der Waals surface area contributed by atoms with Crippen molar-refractivity contribution in [2.45, 2.75) is 66.1 Å². The second-order valence-electron chi connectivity index (χ2n) is 10.7. The minimum atomic E-state index is -4.40. The zero-order valence-corrected chi connectivity index (χ0v) is 27.8. The molecular weight excluding hydrogens is 665 g/mol. The third kappa shape index (κ3) is 10.2. The summed E-state index contributed by atoms with van der Waals surface area (Å²) < 4.78 is 41.9. The number of aliphatic hydroxyl groups is 1. The summed E-state index contributed by atoms with van der Waals surface area (Å²) in [5, 5.41) is 13.1.